The van der Waals surface area contributed by atoms with Crippen LogP contribution in [0, 0.1) is 13.8 Å². The molecule has 1 unspecified atom stereocenters. The van der Waals surface area contributed by atoms with Crippen LogP contribution in [0.15, 0.2) is 36.5 Å². The van der Waals surface area contributed by atoms with E-state index in [0.29, 0.717) is 11.1 Å². The predicted octanol–water partition coefficient (Wildman–Crippen LogP) is 3.76. The number of rotatable bonds is 3. The molecule has 0 amide bonds. The highest BCUT2D eigenvalue weighted by atomic mass is 32.1. The number of nitrogens with one attached hydrogen (secondary N) is 1. The molecule has 0 aliphatic rings. The van der Waals surface area contributed by atoms with Gasteiger partial charge >= 0.3 is 0 Å². The van der Waals surface area contributed by atoms with Gasteiger partial charge in [0.05, 0.1) is 0 Å². The standard InChI is InChI=1S/C16H15NO2S/c1-9-7-12(10(2)20-9)15(18)16(19)13-8-17-14-6-4-3-5-11(13)14/h3-8,15,17-18H,1-2H3. The van der Waals surface area contributed by atoms with Gasteiger partial charge in [-0.3, -0.25) is 4.79 Å². The Bertz CT molecular complexity index is 785. The van der Waals surface area contributed by atoms with Crippen molar-refractivity contribution in [1.82, 2.24) is 4.98 Å². The van der Waals surface area contributed by atoms with Crippen LogP contribution in [-0.4, -0.2) is 15.9 Å². The van der Waals surface area contributed by atoms with Crippen molar-refractivity contribution in [3.8, 4) is 0 Å². The lowest BCUT2D eigenvalue weighted by molar-refractivity contribution is 0.0749. The first-order chi connectivity index (χ1) is 9.58. The maximum absolute atomic E-state index is 12.5. The predicted molar refractivity (Wildman–Crippen MR) is 81.4 cm³/mol. The van der Waals surface area contributed by atoms with Gasteiger partial charge in [-0.05, 0) is 26.0 Å². The van der Waals surface area contributed by atoms with E-state index in [1.54, 1.807) is 17.5 Å². The summed E-state index contributed by atoms with van der Waals surface area (Å²) >= 11 is 1.60. The molecule has 0 aliphatic heterocycles. The van der Waals surface area contributed by atoms with Crippen LogP contribution in [0.4, 0.5) is 0 Å². The second kappa shape index (κ2) is 4.89. The highest BCUT2D eigenvalue weighted by Gasteiger charge is 2.24. The number of H-pyrrole nitrogens is 1. The normalized spacial score (nSPS) is 12.8. The summed E-state index contributed by atoms with van der Waals surface area (Å²) in [5, 5.41) is 11.2. The number of Topliss-reactive ketones (excluding diaryl/α,β-unsaturated/α-hetero) is 1. The minimum atomic E-state index is -1.10. The minimum absolute atomic E-state index is 0.261. The first kappa shape index (κ1) is 13.1. The Morgan fingerprint density at radius 3 is 2.75 bits per heavy atom. The van der Waals surface area contributed by atoms with Crippen molar-refractivity contribution in [3.05, 3.63) is 57.4 Å². The average Bonchev–Trinajstić information content (AvgIpc) is 3.00. The van der Waals surface area contributed by atoms with Crippen molar-refractivity contribution in [1.29, 1.82) is 0 Å². The van der Waals surface area contributed by atoms with Gasteiger partial charge in [0.25, 0.3) is 0 Å². The second-order valence-corrected chi connectivity index (χ2v) is 6.34. The van der Waals surface area contributed by atoms with Crippen molar-refractivity contribution in [2.45, 2.75) is 20.0 Å². The van der Waals surface area contributed by atoms with Gasteiger partial charge in [-0.15, -0.1) is 11.3 Å². The first-order valence-electron chi connectivity index (χ1n) is 6.43. The van der Waals surface area contributed by atoms with Gasteiger partial charge in [-0.25, -0.2) is 0 Å². The zero-order chi connectivity index (χ0) is 14.3. The first-order valence-corrected chi connectivity index (χ1v) is 7.25. The number of aliphatic hydroxyl groups excluding tert-OH is 1. The van der Waals surface area contributed by atoms with Gasteiger partial charge in [0.2, 0.25) is 0 Å². The minimum Gasteiger partial charge on any atom is -0.380 e. The third-order valence-corrected chi connectivity index (χ3v) is 4.46. The molecule has 0 saturated heterocycles. The number of thiophene rings is 1. The number of benzene rings is 1. The zero-order valence-electron chi connectivity index (χ0n) is 11.3. The molecule has 4 heteroatoms. The molecule has 0 bridgehead atoms. The van der Waals surface area contributed by atoms with E-state index in [1.807, 2.05) is 44.2 Å². The third kappa shape index (κ3) is 2.07. The Balaban J connectivity index is 2.02. The number of hydrogen-bond donors (Lipinski definition) is 2. The van der Waals surface area contributed by atoms with Crippen LogP contribution in [0.1, 0.15) is 31.8 Å². The quantitative estimate of drug-likeness (QED) is 0.720. The molecule has 3 rings (SSSR count). The summed E-state index contributed by atoms with van der Waals surface area (Å²) in [6.45, 7) is 3.91. The molecule has 0 fully saturated rings. The fraction of sp³-hybridized carbons (Fsp3) is 0.188. The van der Waals surface area contributed by atoms with Crippen LogP contribution < -0.4 is 0 Å². The van der Waals surface area contributed by atoms with E-state index in [9.17, 15) is 9.90 Å². The van der Waals surface area contributed by atoms with Crippen molar-refractivity contribution in [3.63, 3.8) is 0 Å². The Morgan fingerprint density at radius 1 is 1.30 bits per heavy atom. The lowest BCUT2D eigenvalue weighted by Crippen LogP contribution is -2.12. The van der Waals surface area contributed by atoms with E-state index in [1.165, 1.54) is 0 Å². The number of carbonyl (C=O) groups excluding carboxylic acids is 1. The number of para-hydroxylation sites is 1. The SMILES string of the molecule is Cc1cc(C(O)C(=O)c2c[nH]c3ccccc23)c(C)s1. The Labute approximate surface area is 120 Å². The molecule has 0 spiro atoms. The molecule has 20 heavy (non-hydrogen) atoms. The van der Waals surface area contributed by atoms with Gasteiger partial charge in [0.15, 0.2) is 5.78 Å². The molecule has 1 atom stereocenters. The van der Waals surface area contributed by atoms with E-state index in [0.717, 1.165) is 20.7 Å². The highest BCUT2D eigenvalue weighted by molar-refractivity contribution is 7.12. The van der Waals surface area contributed by atoms with E-state index in [2.05, 4.69) is 4.98 Å². The van der Waals surface area contributed by atoms with Gasteiger partial charge in [0, 0.05) is 38.0 Å². The molecule has 0 aliphatic carbocycles. The largest absolute Gasteiger partial charge is 0.380 e. The molecule has 3 nitrogen and oxygen atoms in total. The third-order valence-electron chi connectivity index (χ3n) is 3.48. The monoisotopic (exact) mass is 285 g/mol. The number of aromatic amines is 1. The van der Waals surface area contributed by atoms with Crippen LogP contribution in [0.3, 0.4) is 0 Å². The van der Waals surface area contributed by atoms with E-state index >= 15 is 0 Å². The summed E-state index contributed by atoms with van der Waals surface area (Å²) in [6.07, 6.45) is 0.573. The van der Waals surface area contributed by atoms with E-state index in [-0.39, 0.29) is 5.78 Å². The van der Waals surface area contributed by atoms with Gasteiger partial charge in [0.1, 0.15) is 6.10 Å². The maximum Gasteiger partial charge on any atom is 0.198 e. The molecule has 1 aromatic carbocycles. The Kier molecular flexibility index (Phi) is 3.20. The molecule has 2 N–H and O–H groups in total. The van der Waals surface area contributed by atoms with Crippen LogP contribution in [0.25, 0.3) is 10.9 Å². The zero-order valence-corrected chi connectivity index (χ0v) is 12.1. The maximum atomic E-state index is 12.5. The number of carbonyl (C=O) groups is 1. The fourth-order valence-corrected chi connectivity index (χ4v) is 3.44. The summed E-state index contributed by atoms with van der Waals surface area (Å²) < 4.78 is 0. The van der Waals surface area contributed by atoms with Crippen molar-refractivity contribution in [2.24, 2.45) is 0 Å². The van der Waals surface area contributed by atoms with Crippen molar-refractivity contribution in [2.75, 3.05) is 0 Å². The summed E-state index contributed by atoms with van der Waals surface area (Å²) in [7, 11) is 0. The molecule has 2 aromatic heterocycles. The van der Waals surface area contributed by atoms with Gasteiger partial charge in [-0.1, -0.05) is 18.2 Å². The molecule has 102 valence electrons. The smallest absolute Gasteiger partial charge is 0.198 e. The van der Waals surface area contributed by atoms with Crippen LogP contribution >= 0.6 is 11.3 Å². The van der Waals surface area contributed by atoms with Gasteiger partial charge < -0.3 is 10.1 Å². The number of aromatic nitrogens is 1. The Hall–Kier alpha value is -1.91. The second-order valence-electron chi connectivity index (χ2n) is 4.88. The summed E-state index contributed by atoms with van der Waals surface area (Å²) in [5.74, 6) is -0.261. The number of aryl methyl sites for hydroxylation is 2. The van der Waals surface area contributed by atoms with E-state index < -0.39 is 6.10 Å². The topological polar surface area (TPSA) is 53.1 Å². The fourth-order valence-electron chi connectivity index (χ4n) is 2.49. The summed E-state index contributed by atoms with van der Waals surface area (Å²) in [5.41, 5.74) is 2.15. The van der Waals surface area contributed by atoms with Crippen molar-refractivity contribution < 1.29 is 9.90 Å². The number of hydrogen-bond acceptors (Lipinski definition) is 3. The van der Waals surface area contributed by atoms with Crippen LogP contribution in [0.5, 0.6) is 0 Å². The van der Waals surface area contributed by atoms with Gasteiger partial charge in [-0.2, -0.15) is 0 Å². The molecule has 2 heterocycles. The summed E-state index contributed by atoms with van der Waals surface area (Å²) in [4.78, 5) is 17.7. The highest BCUT2D eigenvalue weighted by Crippen LogP contribution is 2.30. The molecular formula is C16H15NO2S. The average molecular weight is 285 g/mol. The van der Waals surface area contributed by atoms with E-state index in [4.69, 9.17) is 0 Å². The van der Waals surface area contributed by atoms with Crippen LogP contribution in [0.2, 0.25) is 0 Å². The lowest BCUT2D eigenvalue weighted by Gasteiger charge is -2.08. The van der Waals surface area contributed by atoms with Crippen LogP contribution in [-0.2, 0) is 0 Å². The molecule has 0 saturated carbocycles. The van der Waals surface area contributed by atoms with Crippen molar-refractivity contribution >= 4 is 28.0 Å². The Morgan fingerprint density at radius 2 is 2.05 bits per heavy atom. The molecule has 0 radical (unpaired) electrons. The molecular weight excluding hydrogens is 270 g/mol. The number of fused-ring (bicyclic) bond motifs is 1. The number of aliphatic hydroxyl groups is 1. The molecule has 3 aromatic rings. The number of ketones is 1. The lowest BCUT2D eigenvalue weighted by atomic mass is 10.00. The summed E-state index contributed by atoms with van der Waals surface area (Å²) in [6, 6.07) is 9.49.